The summed E-state index contributed by atoms with van der Waals surface area (Å²) in [5.74, 6) is -9.83. The molecule has 11 amide bonds. The van der Waals surface area contributed by atoms with E-state index in [0.29, 0.717) is 6.42 Å². The minimum absolute atomic E-state index is 0.0173. The zero-order chi connectivity index (χ0) is 71.1. The van der Waals surface area contributed by atoms with Gasteiger partial charge < -0.3 is 60.7 Å². The molecule has 0 radical (unpaired) electrons. The van der Waals surface area contributed by atoms with E-state index in [1.165, 1.54) is 92.6 Å². The molecule has 0 aromatic heterocycles. The molecular formula is C68H125N11O12. The molecule has 0 aromatic rings. The van der Waals surface area contributed by atoms with Crippen LogP contribution in [0.1, 0.15) is 190 Å². The minimum Gasteiger partial charge on any atom is -0.390 e. The molecule has 0 spiro atoms. The largest absolute Gasteiger partial charge is 0.390 e. The molecule has 524 valence electrons. The van der Waals surface area contributed by atoms with Crippen LogP contribution in [-0.2, 0) is 52.7 Å². The zero-order valence-electron chi connectivity index (χ0n) is 61.2. The first-order chi connectivity index (χ1) is 42.0. The van der Waals surface area contributed by atoms with Gasteiger partial charge in [-0.05, 0) is 113 Å². The third kappa shape index (κ3) is 24.4. The lowest BCUT2D eigenvalue weighted by molar-refractivity contribution is -0.157. The van der Waals surface area contributed by atoms with Crippen molar-refractivity contribution in [2.24, 2.45) is 47.3 Å². The Bertz CT molecular complexity index is 2430. The highest BCUT2D eigenvalue weighted by Gasteiger charge is 2.46. The van der Waals surface area contributed by atoms with Crippen LogP contribution in [0.3, 0.4) is 0 Å². The number of amides is 11. The van der Waals surface area contributed by atoms with E-state index in [4.69, 9.17) is 0 Å². The van der Waals surface area contributed by atoms with Gasteiger partial charge in [0, 0.05) is 49.3 Å². The number of carbonyl (C=O) groups excluding carboxylic acids is 11. The number of hydrogen-bond donors (Lipinski definition) is 5. The second-order valence-electron chi connectivity index (χ2n) is 27.9. The molecule has 0 bridgehead atoms. The summed E-state index contributed by atoms with van der Waals surface area (Å²) in [6.45, 7) is 37.8. The van der Waals surface area contributed by atoms with Crippen molar-refractivity contribution in [2.75, 3.05) is 49.3 Å². The van der Waals surface area contributed by atoms with Gasteiger partial charge in [-0.1, -0.05) is 137 Å². The highest BCUT2D eigenvalue weighted by atomic mass is 16.3. The standard InChI is InChI=1S/C66H119N11O12.C2H6/c1-27-29-30-43(17)55(78)54-59(82)69-46(28-2)61(84)74(23)50(34-39(9)10)62(85)71(20)48(32-37(5)6)58(81)70-52(41(13)14)65(88)72(21)47(31-36(3)4)57(80)67-44(18)56(79)68-45(19)60(83)73(22)49(33-38(7)8)63(86)75(24)51(35-40(11)12)64(87)76(25)53(42(15)16)66(89)77(54)26;1-2/h27,29,36-55,78H,28,30-35H2,1-26H3,(H,67,80)(H,68,79)(H,69,82)(H,70,81);1-2H3/b29-27+;/t43-,44+,45-,46+,47+,48+,49+,50+,51+,52+,53+,54+,55-;/m1./s1. The SMILES string of the molecule is C/C=C/C[C@@H](C)[C@@H](O)[C@H]1C(=O)N[C@@H](CC)C(=O)N(C)[C@@H](CC(C)C)C(=O)N(C)[C@@H](CC(C)C)C(=O)N[C@@H](C(C)C)C(=O)N(C)[C@@H](CC(C)C)C(=O)N[C@@H](C)C(=O)N[C@H](C)C(=O)N(C)[C@@H](CC(C)C)C(=O)N(C)[C@@H](CC(C)C)C(=O)N(C)[C@@H](C(C)C)C(=O)N1C.CC. The Morgan fingerprint density at radius 3 is 1.12 bits per heavy atom. The van der Waals surface area contributed by atoms with E-state index in [1.54, 1.807) is 47.6 Å². The Balaban J connectivity index is 0.0000401. The molecule has 23 heteroatoms. The van der Waals surface area contributed by atoms with Crippen LogP contribution in [0.2, 0.25) is 0 Å². The van der Waals surface area contributed by atoms with Crippen molar-refractivity contribution in [2.45, 2.75) is 263 Å². The molecule has 1 saturated heterocycles. The van der Waals surface area contributed by atoms with Gasteiger partial charge in [-0.2, -0.15) is 0 Å². The Labute approximate surface area is 548 Å². The number of allylic oxidation sites excluding steroid dienone is 2. The number of nitrogens with zero attached hydrogens (tertiary/aromatic N) is 7. The quantitative estimate of drug-likeness (QED) is 0.110. The van der Waals surface area contributed by atoms with Crippen molar-refractivity contribution in [3.8, 4) is 0 Å². The first-order valence-corrected chi connectivity index (χ1v) is 33.4. The van der Waals surface area contributed by atoms with Gasteiger partial charge in [-0.3, -0.25) is 52.7 Å². The lowest BCUT2D eigenvalue weighted by atomic mass is 9.91. The van der Waals surface area contributed by atoms with Gasteiger partial charge in [-0.15, -0.1) is 0 Å². The summed E-state index contributed by atoms with van der Waals surface area (Å²) in [4.78, 5) is 172. The Morgan fingerprint density at radius 2 is 0.736 bits per heavy atom. The molecule has 1 fully saturated rings. The summed E-state index contributed by atoms with van der Waals surface area (Å²) in [7, 11) is 10.1. The average molecular weight is 1290 g/mol. The van der Waals surface area contributed by atoms with Gasteiger partial charge >= 0.3 is 0 Å². The molecule has 0 aliphatic carbocycles. The highest BCUT2D eigenvalue weighted by molar-refractivity contribution is 6.00. The number of rotatable bonds is 17. The van der Waals surface area contributed by atoms with Gasteiger partial charge in [0.15, 0.2) is 0 Å². The molecule has 13 atom stereocenters. The summed E-state index contributed by atoms with van der Waals surface area (Å²) >= 11 is 0. The maximum atomic E-state index is 15.3. The molecular weight excluding hydrogens is 1160 g/mol. The Kier molecular flexibility index (Phi) is 36.8. The van der Waals surface area contributed by atoms with Crippen LogP contribution < -0.4 is 21.3 Å². The highest BCUT2D eigenvalue weighted by Crippen LogP contribution is 2.26. The van der Waals surface area contributed by atoms with E-state index >= 15 is 24.0 Å². The van der Waals surface area contributed by atoms with Crippen molar-refractivity contribution in [3.05, 3.63) is 12.2 Å². The summed E-state index contributed by atoms with van der Waals surface area (Å²) in [5.41, 5.74) is 0. The molecule has 1 heterocycles. The van der Waals surface area contributed by atoms with Crippen LogP contribution in [-0.4, -0.2) is 226 Å². The molecule has 23 nitrogen and oxygen atoms in total. The fourth-order valence-electron chi connectivity index (χ4n) is 11.5. The van der Waals surface area contributed by atoms with E-state index in [2.05, 4.69) is 21.3 Å². The van der Waals surface area contributed by atoms with E-state index in [1.807, 2.05) is 96.1 Å². The van der Waals surface area contributed by atoms with Crippen LogP contribution >= 0.6 is 0 Å². The van der Waals surface area contributed by atoms with Crippen molar-refractivity contribution in [3.63, 3.8) is 0 Å². The number of nitrogens with one attached hydrogen (secondary N) is 4. The second-order valence-corrected chi connectivity index (χ2v) is 27.9. The van der Waals surface area contributed by atoms with E-state index in [-0.39, 0.29) is 68.1 Å². The lowest BCUT2D eigenvalue weighted by Gasteiger charge is -2.41. The summed E-state index contributed by atoms with van der Waals surface area (Å²) in [5, 5.41) is 23.4. The summed E-state index contributed by atoms with van der Waals surface area (Å²) in [6.07, 6.45) is 3.17. The third-order valence-corrected chi connectivity index (χ3v) is 17.1. The van der Waals surface area contributed by atoms with E-state index in [0.717, 1.165) is 4.90 Å². The summed E-state index contributed by atoms with van der Waals surface area (Å²) in [6, 6.07) is -13.6. The van der Waals surface area contributed by atoms with Crippen molar-refractivity contribution >= 4 is 65.0 Å². The maximum Gasteiger partial charge on any atom is 0.246 e. The molecule has 5 N–H and O–H groups in total. The van der Waals surface area contributed by atoms with E-state index < -0.39 is 155 Å². The van der Waals surface area contributed by atoms with Crippen LogP contribution in [0.25, 0.3) is 0 Å². The van der Waals surface area contributed by atoms with Crippen LogP contribution in [0.15, 0.2) is 12.2 Å². The number of likely N-dealkylation sites (N-methyl/N-ethyl adjacent to an activating group) is 7. The molecule has 0 saturated carbocycles. The summed E-state index contributed by atoms with van der Waals surface area (Å²) < 4.78 is 0. The van der Waals surface area contributed by atoms with Crippen molar-refractivity contribution in [1.29, 1.82) is 0 Å². The van der Waals surface area contributed by atoms with Crippen molar-refractivity contribution < 1.29 is 57.8 Å². The van der Waals surface area contributed by atoms with Gasteiger partial charge in [-0.25, -0.2) is 0 Å². The normalized spacial score (nSPS) is 26.6. The Morgan fingerprint density at radius 1 is 0.396 bits per heavy atom. The van der Waals surface area contributed by atoms with Crippen LogP contribution in [0.4, 0.5) is 0 Å². The van der Waals surface area contributed by atoms with E-state index in [9.17, 15) is 33.9 Å². The molecule has 1 aliphatic heterocycles. The number of aliphatic hydroxyl groups is 1. The number of aliphatic hydroxyl groups excluding tert-OH is 1. The third-order valence-electron chi connectivity index (χ3n) is 17.1. The van der Waals surface area contributed by atoms with Crippen LogP contribution in [0.5, 0.6) is 0 Å². The molecule has 0 aromatic carbocycles. The molecule has 91 heavy (non-hydrogen) atoms. The fourth-order valence-corrected chi connectivity index (χ4v) is 11.5. The van der Waals surface area contributed by atoms with Crippen LogP contribution in [0, 0.1) is 47.3 Å². The Hall–Kier alpha value is -6.13. The first-order valence-electron chi connectivity index (χ1n) is 33.4. The smallest absolute Gasteiger partial charge is 0.246 e. The molecule has 1 rings (SSSR count). The number of hydrogen-bond acceptors (Lipinski definition) is 12. The monoisotopic (exact) mass is 1290 g/mol. The lowest BCUT2D eigenvalue weighted by Crippen LogP contribution is -2.64. The minimum atomic E-state index is -1.62. The second kappa shape index (κ2) is 39.4. The van der Waals surface area contributed by atoms with Crippen molar-refractivity contribution in [1.82, 2.24) is 55.6 Å². The average Bonchev–Trinajstić information content (AvgIpc) is 1.31. The molecule has 1 aliphatic rings. The predicted molar refractivity (Wildman–Crippen MR) is 358 cm³/mol. The number of carbonyl (C=O) groups is 11. The molecule has 0 unspecified atom stereocenters. The first kappa shape index (κ1) is 84.9. The predicted octanol–water partition coefficient (Wildman–Crippen LogP) is 5.71. The zero-order valence-corrected chi connectivity index (χ0v) is 61.2. The maximum absolute atomic E-state index is 15.3. The van der Waals surface area contributed by atoms with Gasteiger partial charge in [0.1, 0.15) is 66.5 Å². The van der Waals surface area contributed by atoms with Gasteiger partial charge in [0.25, 0.3) is 0 Å². The fraction of sp³-hybridized carbons (Fsp3) is 0.809. The topological polar surface area (TPSA) is 279 Å². The van der Waals surface area contributed by atoms with Gasteiger partial charge in [0.2, 0.25) is 65.0 Å². The van der Waals surface area contributed by atoms with Gasteiger partial charge in [0.05, 0.1) is 6.10 Å².